The van der Waals surface area contributed by atoms with Crippen molar-refractivity contribution >= 4 is 11.7 Å². The van der Waals surface area contributed by atoms with Crippen molar-refractivity contribution in [2.24, 2.45) is 0 Å². The number of nitrogens with zero attached hydrogens (tertiary/aromatic N) is 5. The van der Waals surface area contributed by atoms with E-state index < -0.39 is 22.3 Å². The SMILES string of the molecule is O=C(O)c1nn(CCn2ccnc2)cc1[N+](=O)[O-]. The van der Waals surface area contributed by atoms with Crippen molar-refractivity contribution in [2.45, 2.75) is 13.1 Å². The second-order valence-electron chi connectivity index (χ2n) is 3.49. The molecule has 0 amide bonds. The Hall–Kier alpha value is -2.71. The van der Waals surface area contributed by atoms with E-state index >= 15 is 0 Å². The molecule has 18 heavy (non-hydrogen) atoms. The van der Waals surface area contributed by atoms with Gasteiger partial charge in [-0.25, -0.2) is 9.78 Å². The summed E-state index contributed by atoms with van der Waals surface area (Å²) in [5.41, 5.74) is -1.06. The molecule has 1 N–H and O–H groups in total. The lowest BCUT2D eigenvalue weighted by Gasteiger charge is -2.01. The van der Waals surface area contributed by atoms with Gasteiger partial charge in [-0.05, 0) is 0 Å². The van der Waals surface area contributed by atoms with Gasteiger partial charge in [0.25, 0.3) is 0 Å². The van der Waals surface area contributed by atoms with Gasteiger partial charge in [0, 0.05) is 18.9 Å². The maximum atomic E-state index is 10.8. The number of aromatic carboxylic acids is 1. The molecule has 0 bridgehead atoms. The van der Waals surface area contributed by atoms with Crippen LogP contribution in [0.15, 0.2) is 24.9 Å². The molecule has 94 valence electrons. The summed E-state index contributed by atoms with van der Waals surface area (Å²) >= 11 is 0. The smallest absolute Gasteiger partial charge is 0.363 e. The summed E-state index contributed by atoms with van der Waals surface area (Å²) in [7, 11) is 0. The summed E-state index contributed by atoms with van der Waals surface area (Å²) in [6.07, 6.45) is 6.04. The van der Waals surface area contributed by atoms with Gasteiger partial charge >= 0.3 is 11.7 Å². The Labute approximate surface area is 100 Å². The highest BCUT2D eigenvalue weighted by Crippen LogP contribution is 2.16. The van der Waals surface area contributed by atoms with E-state index in [0.29, 0.717) is 13.1 Å². The average Bonchev–Trinajstić information content (AvgIpc) is 2.95. The van der Waals surface area contributed by atoms with Crippen molar-refractivity contribution < 1.29 is 14.8 Å². The lowest BCUT2D eigenvalue weighted by atomic mass is 10.4. The fraction of sp³-hybridized carbons (Fsp3) is 0.222. The second-order valence-corrected chi connectivity index (χ2v) is 3.49. The van der Waals surface area contributed by atoms with Crippen LogP contribution in [0, 0.1) is 10.1 Å². The predicted octanol–water partition coefficient (Wildman–Crippen LogP) is 0.386. The molecular weight excluding hydrogens is 242 g/mol. The molecule has 9 nitrogen and oxygen atoms in total. The maximum Gasteiger partial charge on any atom is 0.363 e. The molecule has 0 saturated heterocycles. The zero-order valence-corrected chi connectivity index (χ0v) is 9.13. The molecule has 0 aromatic carbocycles. The third kappa shape index (κ3) is 2.34. The second kappa shape index (κ2) is 4.65. The van der Waals surface area contributed by atoms with Crippen LogP contribution in [0.2, 0.25) is 0 Å². The lowest BCUT2D eigenvalue weighted by Crippen LogP contribution is -2.08. The standard InChI is InChI=1S/C9H9N5O4/c15-9(16)8-7(14(17)18)5-13(11-8)4-3-12-2-1-10-6-12/h1-2,5-6H,3-4H2,(H,15,16). The van der Waals surface area contributed by atoms with Gasteiger partial charge in [0.1, 0.15) is 6.20 Å². The van der Waals surface area contributed by atoms with Gasteiger partial charge < -0.3 is 9.67 Å². The summed E-state index contributed by atoms with van der Waals surface area (Å²) < 4.78 is 3.00. The molecule has 0 aliphatic carbocycles. The average molecular weight is 251 g/mol. The number of hydrogen-bond acceptors (Lipinski definition) is 5. The van der Waals surface area contributed by atoms with Gasteiger partial charge in [-0.2, -0.15) is 5.10 Å². The molecule has 2 aromatic heterocycles. The summed E-state index contributed by atoms with van der Waals surface area (Å²) in [5, 5.41) is 23.1. The normalized spacial score (nSPS) is 10.4. The Bertz CT molecular complexity index is 542. The molecule has 0 unspecified atom stereocenters. The third-order valence-corrected chi connectivity index (χ3v) is 2.29. The first-order chi connectivity index (χ1) is 8.58. The molecule has 9 heteroatoms. The number of carboxylic acid groups (broad SMARTS) is 1. The fourth-order valence-electron chi connectivity index (χ4n) is 1.45. The van der Waals surface area contributed by atoms with Crippen molar-refractivity contribution in [3.63, 3.8) is 0 Å². The molecular formula is C9H9N5O4. The van der Waals surface area contributed by atoms with Crippen LogP contribution in [0.5, 0.6) is 0 Å². The van der Waals surface area contributed by atoms with Gasteiger partial charge in [0.15, 0.2) is 0 Å². The molecule has 2 heterocycles. The van der Waals surface area contributed by atoms with E-state index in [-0.39, 0.29) is 0 Å². The van der Waals surface area contributed by atoms with Crippen LogP contribution in [-0.4, -0.2) is 35.3 Å². The number of carbonyl (C=O) groups is 1. The van der Waals surface area contributed by atoms with E-state index in [0.717, 1.165) is 6.20 Å². The maximum absolute atomic E-state index is 10.8. The first-order valence-corrected chi connectivity index (χ1v) is 4.99. The van der Waals surface area contributed by atoms with Gasteiger partial charge in [-0.3, -0.25) is 14.8 Å². The van der Waals surface area contributed by atoms with Crippen LogP contribution >= 0.6 is 0 Å². The predicted molar refractivity (Wildman–Crippen MR) is 58.1 cm³/mol. The first kappa shape index (κ1) is 11.8. The molecule has 0 aliphatic rings. The zero-order valence-electron chi connectivity index (χ0n) is 9.13. The van der Waals surface area contributed by atoms with Crippen molar-refractivity contribution in [1.29, 1.82) is 0 Å². The quantitative estimate of drug-likeness (QED) is 0.606. The van der Waals surface area contributed by atoms with Crippen LogP contribution in [0.3, 0.4) is 0 Å². The monoisotopic (exact) mass is 251 g/mol. The minimum absolute atomic E-state index is 0.324. The van der Waals surface area contributed by atoms with Crippen LogP contribution < -0.4 is 0 Å². The van der Waals surface area contributed by atoms with Crippen LogP contribution in [0.4, 0.5) is 5.69 Å². The van der Waals surface area contributed by atoms with E-state index in [1.807, 2.05) is 0 Å². The molecule has 0 radical (unpaired) electrons. The molecule has 2 rings (SSSR count). The molecule has 0 spiro atoms. The van der Waals surface area contributed by atoms with Gasteiger partial charge in [-0.1, -0.05) is 0 Å². The van der Waals surface area contributed by atoms with Crippen molar-refractivity contribution in [2.75, 3.05) is 0 Å². The van der Waals surface area contributed by atoms with Crippen LogP contribution in [0.25, 0.3) is 0 Å². The Kier molecular flexibility index (Phi) is 3.04. The molecule has 0 aliphatic heterocycles. The number of carboxylic acids is 1. The van der Waals surface area contributed by atoms with Crippen LogP contribution in [-0.2, 0) is 13.1 Å². The van der Waals surface area contributed by atoms with E-state index in [9.17, 15) is 14.9 Å². The Morgan fingerprint density at radius 2 is 2.28 bits per heavy atom. The Morgan fingerprint density at radius 1 is 1.50 bits per heavy atom. The number of rotatable bonds is 5. The number of aromatic nitrogens is 4. The minimum atomic E-state index is -1.41. The van der Waals surface area contributed by atoms with Gasteiger partial charge in [-0.15, -0.1) is 0 Å². The fourth-order valence-corrected chi connectivity index (χ4v) is 1.45. The highest BCUT2D eigenvalue weighted by molar-refractivity contribution is 5.89. The number of hydrogen-bond donors (Lipinski definition) is 1. The zero-order chi connectivity index (χ0) is 13.1. The lowest BCUT2D eigenvalue weighted by molar-refractivity contribution is -0.385. The molecule has 0 fully saturated rings. The van der Waals surface area contributed by atoms with E-state index in [2.05, 4.69) is 10.1 Å². The summed E-state index contributed by atoms with van der Waals surface area (Å²) in [4.78, 5) is 24.5. The van der Waals surface area contributed by atoms with Gasteiger partial charge in [0.05, 0.1) is 17.8 Å². The molecule has 0 saturated carbocycles. The highest BCUT2D eigenvalue weighted by Gasteiger charge is 2.24. The Morgan fingerprint density at radius 3 is 2.78 bits per heavy atom. The van der Waals surface area contributed by atoms with Crippen molar-refractivity contribution in [3.05, 3.63) is 40.7 Å². The van der Waals surface area contributed by atoms with E-state index in [4.69, 9.17) is 5.11 Å². The van der Waals surface area contributed by atoms with Crippen molar-refractivity contribution in [1.82, 2.24) is 19.3 Å². The van der Waals surface area contributed by atoms with Crippen LogP contribution in [0.1, 0.15) is 10.5 Å². The topological polar surface area (TPSA) is 116 Å². The first-order valence-electron chi connectivity index (χ1n) is 4.99. The molecule has 0 atom stereocenters. The number of nitro groups is 1. The number of aryl methyl sites for hydroxylation is 2. The highest BCUT2D eigenvalue weighted by atomic mass is 16.6. The summed E-state index contributed by atoms with van der Waals surface area (Å²) in [5.74, 6) is -1.41. The molecule has 2 aromatic rings. The van der Waals surface area contributed by atoms with E-state index in [1.54, 1.807) is 23.3 Å². The largest absolute Gasteiger partial charge is 0.476 e. The van der Waals surface area contributed by atoms with Gasteiger partial charge in [0.2, 0.25) is 5.69 Å². The summed E-state index contributed by atoms with van der Waals surface area (Å²) in [6, 6.07) is 0. The Balaban J connectivity index is 2.16. The van der Waals surface area contributed by atoms with E-state index in [1.165, 1.54) is 4.68 Å². The van der Waals surface area contributed by atoms with Crippen molar-refractivity contribution in [3.8, 4) is 0 Å². The minimum Gasteiger partial charge on any atom is -0.476 e. The summed E-state index contributed by atoms with van der Waals surface area (Å²) in [6.45, 7) is 0.822. The number of imidazole rings is 1. The third-order valence-electron chi connectivity index (χ3n) is 2.29.